The fourth-order valence-electron chi connectivity index (χ4n) is 7.14. The molecule has 2 aliphatic rings. The zero-order valence-electron chi connectivity index (χ0n) is 30.6. The van der Waals surface area contributed by atoms with E-state index >= 15 is 0 Å². The second-order valence-corrected chi connectivity index (χ2v) is 14.1. The highest BCUT2D eigenvalue weighted by Gasteiger charge is 2.61. The minimum Gasteiger partial charge on any atom is -0.394 e. The second kappa shape index (κ2) is 23.2. The minimum atomic E-state index is -1.22. The molecule has 48 heavy (non-hydrogen) atoms. The van der Waals surface area contributed by atoms with E-state index in [0.29, 0.717) is 45.2 Å². The number of fused-ring (bicyclic) bond motifs is 1. The average molecular weight is 680 g/mol. The standard InChI is InChI=1S/C37H69N5O6/c1-5-6-7-8-9-10-11-12-13-14-15-16-18-23-31(44)30(29-43)40(2)35(46)26-19-17-22-27-38-34(45)25-21-20-24-32-37(48)33(28-39-32)41(3)36(47)42(37)4/h18,23,30-33,39,43-44,48H,5-17,19-22,24-29H2,1-4H3,(H,38,45)/b23-18+/t30-,31+,32-,33?,37?/m0/s1. The van der Waals surface area contributed by atoms with Gasteiger partial charge in [0.25, 0.3) is 0 Å². The molecule has 5 N–H and O–H groups in total. The summed E-state index contributed by atoms with van der Waals surface area (Å²) in [6, 6.07) is -1.33. The van der Waals surface area contributed by atoms with E-state index in [0.717, 1.165) is 32.1 Å². The predicted molar refractivity (Wildman–Crippen MR) is 191 cm³/mol. The molecule has 11 heteroatoms. The number of amides is 4. The zero-order valence-corrected chi connectivity index (χ0v) is 30.6. The lowest BCUT2D eigenvalue weighted by atomic mass is 9.95. The Bertz CT molecular complexity index is 967. The molecule has 0 aromatic rings. The molecule has 0 spiro atoms. The normalized spacial score (nSPS) is 22.0. The number of hydrogen-bond donors (Lipinski definition) is 5. The van der Waals surface area contributed by atoms with Crippen molar-refractivity contribution in [3.63, 3.8) is 0 Å². The largest absolute Gasteiger partial charge is 0.394 e. The topological polar surface area (TPSA) is 146 Å². The summed E-state index contributed by atoms with van der Waals surface area (Å²) in [6.07, 6.45) is 23.0. The second-order valence-electron chi connectivity index (χ2n) is 14.1. The molecule has 0 radical (unpaired) electrons. The number of nitrogens with one attached hydrogen (secondary N) is 2. The van der Waals surface area contributed by atoms with Crippen LogP contribution in [-0.4, -0.2) is 119 Å². The molecule has 5 atom stereocenters. The summed E-state index contributed by atoms with van der Waals surface area (Å²) < 4.78 is 0. The smallest absolute Gasteiger partial charge is 0.322 e. The van der Waals surface area contributed by atoms with E-state index in [-0.39, 0.29) is 36.5 Å². The number of allylic oxidation sites excluding steroid dienone is 1. The molecule has 2 saturated heterocycles. The van der Waals surface area contributed by atoms with Crippen LogP contribution in [0.5, 0.6) is 0 Å². The van der Waals surface area contributed by atoms with Gasteiger partial charge in [-0.05, 0) is 38.5 Å². The van der Waals surface area contributed by atoms with Gasteiger partial charge in [0.2, 0.25) is 11.8 Å². The number of aliphatic hydroxyl groups is 3. The van der Waals surface area contributed by atoms with Crippen molar-refractivity contribution in [3.8, 4) is 0 Å². The van der Waals surface area contributed by atoms with E-state index in [1.807, 2.05) is 6.08 Å². The van der Waals surface area contributed by atoms with Crippen LogP contribution in [0.2, 0.25) is 0 Å². The third-order valence-corrected chi connectivity index (χ3v) is 10.5. The van der Waals surface area contributed by atoms with Gasteiger partial charge in [0, 0.05) is 47.1 Å². The van der Waals surface area contributed by atoms with Crippen LogP contribution in [0, 0.1) is 0 Å². The SMILES string of the molecule is CCCCCCCCCCCCC/C=C/[C@@H](O)[C@H](CO)N(C)C(=O)CCCCCNC(=O)CCCC[C@@H]1NCC2N(C)C(=O)N(C)C21O. The lowest BCUT2D eigenvalue weighted by Gasteiger charge is -2.34. The van der Waals surface area contributed by atoms with Crippen LogP contribution in [0.15, 0.2) is 12.2 Å². The third-order valence-electron chi connectivity index (χ3n) is 10.5. The van der Waals surface area contributed by atoms with E-state index < -0.39 is 17.9 Å². The first-order valence-corrected chi connectivity index (χ1v) is 19.0. The molecule has 0 aromatic carbocycles. The van der Waals surface area contributed by atoms with Gasteiger partial charge < -0.3 is 35.8 Å². The Kier molecular flexibility index (Phi) is 20.3. The Hall–Kier alpha value is -2.21. The fraction of sp³-hybridized carbons (Fsp3) is 0.865. The van der Waals surface area contributed by atoms with Crippen molar-refractivity contribution in [2.75, 3.05) is 40.8 Å². The van der Waals surface area contributed by atoms with Gasteiger partial charge in [-0.25, -0.2) is 4.79 Å². The Morgan fingerprint density at radius 3 is 2.21 bits per heavy atom. The van der Waals surface area contributed by atoms with Gasteiger partial charge >= 0.3 is 6.03 Å². The van der Waals surface area contributed by atoms with Crippen molar-refractivity contribution in [2.24, 2.45) is 0 Å². The fourth-order valence-corrected chi connectivity index (χ4v) is 7.14. The lowest BCUT2D eigenvalue weighted by Crippen LogP contribution is -2.56. The maximum Gasteiger partial charge on any atom is 0.322 e. The number of nitrogens with zero attached hydrogens (tertiary/aromatic N) is 3. The van der Waals surface area contributed by atoms with Gasteiger partial charge in [-0.15, -0.1) is 0 Å². The Balaban J connectivity index is 1.49. The molecule has 0 aromatic heterocycles. The van der Waals surface area contributed by atoms with E-state index in [1.54, 1.807) is 32.1 Å². The van der Waals surface area contributed by atoms with Crippen molar-refractivity contribution in [2.45, 2.75) is 165 Å². The van der Waals surface area contributed by atoms with Crippen LogP contribution in [0.4, 0.5) is 4.79 Å². The van der Waals surface area contributed by atoms with E-state index in [2.05, 4.69) is 17.6 Å². The summed E-state index contributed by atoms with van der Waals surface area (Å²) >= 11 is 0. The summed E-state index contributed by atoms with van der Waals surface area (Å²) in [5.41, 5.74) is -1.22. The van der Waals surface area contributed by atoms with Crippen LogP contribution in [-0.2, 0) is 9.59 Å². The molecule has 0 aliphatic carbocycles. The zero-order chi connectivity index (χ0) is 35.4. The summed E-state index contributed by atoms with van der Waals surface area (Å²) in [5.74, 6) is -0.116. The van der Waals surface area contributed by atoms with Gasteiger partial charge in [0.1, 0.15) is 0 Å². The van der Waals surface area contributed by atoms with Gasteiger partial charge in [-0.3, -0.25) is 14.5 Å². The minimum absolute atomic E-state index is 0.00833. The lowest BCUT2D eigenvalue weighted by molar-refractivity contribution is -0.135. The number of hydrogen-bond acceptors (Lipinski definition) is 7. The Morgan fingerprint density at radius 1 is 0.958 bits per heavy atom. The highest BCUT2D eigenvalue weighted by molar-refractivity contribution is 5.78. The van der Waals surface area contributed by atoms with Crippen molar-refractivity contribution in [3.05, 3.63) is 12.2 Å². The van der Waals surface area contributed by atoms with E-state index in [1.165, 1.54) is 74.0 Å². The Labute approximate surface area is 290 Å². The van der Waals surface area contributed by atoms with Gasteiger partial charge in [0.15, 0.2) is 5.72 Å². The van der Waals surface area contributed by atoms with Crippen molar-refractivity contribution in [1.29, 1.82) is 0 Å². The molecule has 2 rings (SSSR count). The molecular formula is C37H69N5O6. The van der Waals surface area contributed by atoms with Gasteiger partial charge in [-0.2, -0.15) is 0 Å². The molecule has 4 amide bonds. The highest BCUT2D eigenvalue weighted by Crippen LogP contribution is 2.37. The predicted octanol–water partition coefficient (Wildman–Crippen LogP) is 4.69. The van der Waals surface area contributed by atoms with Crippen molar-refractivity contribution < 1.29 is 29.7 Å². The molecule has 11 nitrogen and oxygen atoms in total. The maximum atomic E-state index is 12.7. The van der Waals surface area contributed by atoms with Crippen molar-refractivity contribution in [1.82, 2.24) is 25.3 Å². The van der Waals surface area contributed by atoms with E-state index in [4.69, 9.17) is 0 Å². The van der Waals surface area contributed by atoms with Gasteiger partial charge in [0.05, 0.1) is 30.8 Å². The molecular weight excluding hydrogens is 610 g/mol. The van der Waals surface area contributed by atoms with Crippen LogP contribution in [0.25, 0.3) is 0 Å². The van der Waals surface area contributed by atoms with Gasteiger partial charge in [-0.1, -0.05) is 96.1 Å². The molecule has 2 aliphatic heterocycles. The quantitative estimate of drug-likeness (QED) is 0.0626. The molecule has 2 fully saturated rings. The highest BCUT2D eigenvalue weighted by atomic mass is 16.3. The number of aliphatic hydroxyl groups excluding tert-OH is 2. The summed E-state index contributed by atoms with van der Waals surface area (Å²) in [6.45, 7) is 3.05. The van der Waals surface area contributed by atoms with Crippen LogP contribution in [0.3, 0.4) is 0 Å². The average Bonchev–Trinajstić information content (AvgIpc) is 3.49. The summed E-state index contributed by atoms with van der Waals surface area (Å²) in [7, 11) is 4.98. The maximum absolute atomic E-state index is 12.7. The molecule has 0 bridgehead atoms. The van der Waals surface area contributed by atoms with Crippen molar-refractivity contribution >= 4 is 17.8 Å². The number of unbranched alkanes of at least 4 members (excludes halogenated alkanes) is 14. The molecule has 2 unspecified atom stereocenters. The van der Waals surface area contributed by atoms with Crippen LogP contribution < -0.4 is 10.6 Å². The number of carbonyl (C=O) groups excluding carboxylic acids is 3. The number of likely N-dealkylation sites (N-methyl/N-ethyl adjacent to an activating group) is 3. The van der Waals surface area contributed by atoms with E-state index in [9.17, 15) is 29.7 Å². The van der Waals surface area contributed by atoms with Crippen LogP contribution in [0.1, 0.15) is 135 Å². The third kappa shape index (κ3) is 13.2. The monoisotopic (exact) mass is 680 g/mol. The first-order chi connectivity index (χ1) is 23.1. The molecule has 278 valence electrons. The number of carbonyl (C=O) groups is 3. The first kappa shape index (κ1) is 42.0. The van der Waals surface area contributed by atoms with Crippen LogP contribution >= 0.6 is 0 Å². The molecule has 0 saturated carbocycles. The number of urea groups is 1. The Morgan fingerprint density at radius 2 is 1.56 bits per heavy atom. The molecule has 2 heterocycles. The summed E-state index contributed by atoms with van der Waals surface area (Å²) in [5, 5.41) is 37.9. The number of rotatable bonds is 27. The first-order valence-electron chi connectivity index (χ1n) is 19.0. The summed E-state index contributed by atoms with van der Waals surface area (Å²) in [4.78, 5) is 41.7.